The van der Waals surface area contributed by atoms with E-state index in [0.717, 1.165) is 16.3 Å². The number of amides is 1. The van der Waals surface area contributed by atoms with Crippen molar-refractivity contribution in [2.45, 2.75) is 26.3 Å². The van der Waals surface area contributed by atoms with Gasteiger partial charge in [0.25, 0.3) is 0 Å². The van der Waals surface area contributed by atoms with Crippen LogP contribution in [0.3, 0.4) is 0 Å². The Balaban J connectivity index is 2.00. The lowest BCUT2D eigenvalue weighted by atomic mass is 10.1. The van der Waals surface area contributed by atoms with E-state index in [4.69, 9.17) is 23.2 Å². The highest BCUT2D eigenvalue weighted by Crippen LogP contribution is 2.26. The van der Waals surface area contributed by atoms with E-state index in [9.17, 15) is 4.79 Å². The second-order valence-electron chi connectivity index (χ2n) is 4.49. The molecule has 0 bridgehead atoms. The van der Waals surface area contributed by atoms with Gasteiger partial charge < -0.3 is 5.32 Å². The standard InChI is InChI=1S/C14H14Cl2N2OS/c1-8(12-4-3-10(15)5-13(12)16)17-14(19)6-11-7-20-9(2)18-11/h3-5,7-8H,6H2,1-2H3,(H,17,19). The van der Waals surface area contributed by atoms with E-state index in [2.05, 4.69) is 10.3 Å². The van der Waals surface area contributed by atoms with Gasteiger partial charge in [0.2, 0.25) is 5.91 Å². The van der Waals surface area contributed by atoms with Crippen LogP contribution in [0.4, 0.5) is 0 Å². The zero-order chi connectivity index (χ0) is 14.7. The fraction of sp³-hybridized carbons (Fsp3) is 0.286. The van der Waals surface area contributed by atoms with Crippen molar-refractivity contribution in [1.82, 2.24) is 10.3 Å². The molecule has 0 aliphatic heterocycles. The van der Waals surface area contributed by atoms with Crippen LogP contribution in [0.5, 0.6) is 0 Å². The van der Waals surface area contributed by atoms with Crippen LogP contribution in [-0.2, 0) is 11.2 Å². The minimum atomic E-state index is -0.174. The molecular weight excluding hydrogens is 315 g/mol. The van der Waals surface area contributed by atoms with Crippen molar-refractivity contribution in [2.24, 2.45) is 0 Å². The van der Waals surface area contributed by atoms with Crippen LogP contribution < -0.4 is 5.32 Å². The molecule has 0 saturated heterocycles. The molecule has 2 rings (SSSR count). The quantitative estimate of drug-likeness (QED) is 0.914. The first kappa shape index (κ1) is 15.3. The maximum absolute atomic E-state index is 12.0. The number of carbonyl (C=O) groups excluding carboxylic acids is 1. The highest BCUT2D eigenvalue weighted by atomic mass is 35.5. The summed E-state index contributed by atoms with van der Waals surface area (Å²) in [5.74, 6) is -0.0752. The van der Waals surface area contributed by atoms with E-state index in [1.165, 1.54) is 11.3 Å². The Morgan fingerprint density at radius 1 is 1.45 bits per heavy atom. The van der Waals surface area contributed by atoms with E-state index in [0.29, 0.717) is 10.0 Å². The van der Waals surface area contributed by atoms with E-state index < -0.39 is 0 Å². The van der Waals surface area contributed by atoms with E-state index in [1.54, 1.807) is 12.1 Å². The van der Waals surface area contributed by atoms with Gasteiger partial charge in [0.15, 0.2) is 0 Å². The van der Waals surface area contributed by atoms with E-state index in [-0.39, 0.29) is 18.4 Å². The van der Waals surface area contributed by atoms with Crippen LogP contribution in [0.15, 0.2) is 23.6 Å². The summed E-state index contributed by atoms with van der Waals surface area (Å²) in [5, 5.41) is 6.90. The minimum absolute atomic E-state index is 0.0752. The molecule has 1 amide bonds. The number of nitrogens with one attached hydrogen (secondary N) is 1. The second kappa shape index (κ2) is 6.57. The Labute approximate surface area is 131 Å². The van der Waals surface area contributed by atoms with Crippen LogP contribution in [0.2, 0.25) is 10.0 Å². The van der Waals surface area contributed by atoms with Gasteiger partial charge >= 0.3 is 0 Å². The summed E-state index contributed by atoms with van der Waals surface area (Å²) in [5.41, 5.74) is 1.64. The van der Waals surface area contributed by atoms with Crippen molar-refractivity contribution in [3.63, 3.8) is 0 Å². The van der Waals surface area contributed by atoms with Gasteiger partial charge in [-0.3, -0.25) is 4.79 Å². The Morgan fingerprint density at radius 2 is 2.20 bits per heavy atom. The minimum Gasteiger partial charge on any atom is -0.349 e. The molecule has 106 valence electrons. The Morgan fingerprint density at radius 3 is 2.80 bits per heavy atom. The van der Waals surface area contributed by atoms with E-state index in [1.807, 2.05) is 25.3 Å². The van der Waals surface area contributed by atoms with Crippen LogP contribution in [0.1, 0.15) is 29.2 Å². The molecule has 2 aromatic rings. The van der Waals surface area contributed by atoms with Crippen molar-refractivity contribution in [3.05, 3.63) is 49.9 Å². The van der Waals surface area contributed by atoms with Gasteiger partial charge in [-0.15, -0.1) is 11.3 Å². The zero-order valence-electron chi connectivity index (χ0n) is 11.1. The van der Waals surface area contributed by atoms with Crippen LogP contribution in [-0.4, -0.2) is 10.9 Å². The lowest BCUT2D eigenvalue weighted by Gasteiger charge is -2.15. The molecule has 0 radical (unpaired) electrons. The monoisotopic (exact) mass is 328 g/mol. The lowest BCUT2D eigenvalue weighted by molar-refractivity contribution is -0.121. The molecule has 0 spiro atoms. The van der Waals surface area contributed by atoms with Gasteiger partial charge in [0.1, 0.15) is 0 Å². The van der Waals surface area contributed by atoms with Crippen molar-refractivity contribution >= 4 is 40.4 Å². The number of halogens is 2. The average molecular weight is 329 g/mol. The average Bonchev–Trinajstić information content (AvgIpc) is 2.74. The first-order valence-corrected chi connectivity index (χ1v) is 7.74. The molecule has 0 aliphatic carbocycles. The molecule has 6 heteroatoms. The Kier molecular flexibility index (Phi) is 5.02. The molecule has 0 saturated carbocycles. The largest absolute Gasteiger partial charge is 0.349 e. The topological polar surface area (TPSA) is 42.0 Å². The maximum Gasteiger partial charge on any atom is 0.226 e. The predicted molar refractivity (Wildman–Crippen MR) is 83.6 cm³/mol. The summed E-state index contributed by atoms with van der Waals surface area (Å²) >= 11 is 13.5. The highest BCUT2D eigenvalue weighted by Gasteiger charge is 2.14. The normalized spacial score (nSPS) is 12.2. The summed E-state index contributed by atoms with van der Waals surface area (Å²) in [4.78, 5) is 16.2. The number of rotatable bonds is 4. The molecular formula is C14H14Cl2N2OS. The van der Waals surface area contributed by atoms with Gasteiger partial charge in [-0.1, -0.05) is 29.3 Å². The third-order valence-corrected chi connectivity index (χ3v) is 4.20. The van der Waals surface area contributed by atoms with E-state index >= 15 is 0 Å². The van der Waals surface area contributed by atoms with Gasteiger partial charge in [0.05, 0.1) is 23.2 Å². The van der Waals surface area contributed by atoms with Crippen LogP contribution >= 0.6 is 34.5 Å². The van der Waals surface area contributed by atoms with Crippen LogP contribution in [0.25, 0.3) is 0 Å². The summed E-state index contributed by atoms with van der Waals surface area (Å²) in [6.45, 7) is 3.81. The summed E-state index contributed by atoms with van der Waals surface area (Å²) < 4.78 is 0. The highest BCUT2D eigenvalue weighted by molar-refractivity contribution is 7.09. The number of aromatic nitrogens is 1. The van der Waals surface area contributed by atoms with Crippen molar-refractivity contribution < 1.29 is 4.79 Å². The number of thiazole rings is 1. The number of aryl methyl sites for hydroxylation is 1. The van der Waals surface area contributed by atoms with Crippen molar-refractivity contribution in [2.75, 3.05) is 0 Å². The first-order chi connectivity index (χ1) is 9.45. The fourth-order valence-corrected chi connectivity index (χ4v) is 3.06. The summed E-state index contributed by atoms with van der Waals surface area (Å²) in [6.07, 6.45) is 0.278. The number of nitrogens with zero attached hydrogens (tertiary/aromatic N) is 1. The van der Waals surface area contributed by atoms with Crippen molar-refractivity contribution in [3.8, 4) is 0 Å². The zero-order valence-corrected chi connectivity index (χ0v) is 13.4. The molecule has 1 unspecified atom stereocenters. The van der Waals surface area contributed by atoms with Gasteiger partial charge in [-0.25, -0.2) is 4.98 Å². The molecule has 20 heavy (non-hydrogen) atoms. The first-order valence-electron chi connectivity index (χ1n) is 6.11. The molecule has 1 aromatic heterocycles. The maximum atomic E-state index is 12.0. The SMILES string of the molecule is Cc1nc(CC(=O)NC(C)c2ccc(Cl)cc2Cl)cs1. The molecule has 0 fully saturated rings. The fourth-order valence-electron chi connectivity index (χ4n) is 1.88. The van der Waals surface area contributed by atoms with Crippen LogP contribution in [0, 0.1) is 6.92 Å². The van der Waals surface area contributed by atoms with Gasteiger partial charge in [-0.05, 0) is 31.5 Å². The molecule has 1 heterocycles. The number of hydrogen-bond acceptors (Lipinski definition) is 3. The third kappa shape index (κ3) is 3.95. The smallest absolute Gasteiger partial charge is 0.226 e. The third-order valence-electron chi connectivity index (χ3n) is 2.81. The molecule has 1 N–H and O–H groups in total. The Bertz CT molecular complexity index is 627. The molecule has 1 atom stereocenters. The molecule has 1 aromatic carbocycles. The molecule has 0 aliphatic rings. The van der Waals surface area contributed by atoms with Crippen molar-refractivity contribution in [1.29, 1.82) is 0 Å². The number of benzene rings is 1. The summed E-state index contributed by atoms with van der Waals surface area (Å²) in [6, 6.07) is 5.08. The molecule has 3 nitrogen and oxygen atoms in total. The van der Waals surface area contributed by atoms with Gasteiger partial charge in [0, 0.05) is 15.4 Å². The number of hydrogen-bond donors (Lipinski definition) is 1. The second-order valence-corrected chi connectivity index (χ2v) is 6.40. The lowest BCUT2D eigenvalue weighted by Crippen LogP contribution is -2.28. The number of carbonyl (C=O) groups is 1. The van der Waals surface area contributed by atoms with Gasteiger partial charge in [-0.2, -0.15) is 0 Å². The Hall–Kier alpha value is -1.10. The summed E-state index contributed by atoms with van der Waals surface area (Å²) in [7, 11) is 0. The predicted octanol–water partition coefficient (Wildman–Crippen LogP) is 4.18.